The summed E-state index contributed by atoms with van der Waals surface area (Å²) in [6.45, 7) is 2.95. The second-order valence-corrected chi connectivity index (χ2v) is 5.85. The molecule has 4 nitrogen and oxygen atoms in total. The van der Waals surface area contributed by atoms with Crippen molar-refractivity contribution in [1.82, 2.24) is 20.0 Å². The quantitative estimate of drug-likeness (QED) is 0.854. The molecule has 0 spiro atoms. The molecule has 1 aromatic carbocycles. The van der Waals surface area contributed by atoms with Crippen LogP contribution < -0.4 is 5.32 Å². The van der Waals surface area contributed by atoms with E-state index in [1.54, 1.807) is 0 Å². The van der Waals surface area contributed by atoms with E-state index in [1.807, 2.05) is 36.3 Å². The lowest BCUT2D eigenvalue weighted by Crippen LogP contribution is -2.33. The van der Waals surface area contributed by atoms with Crippen LogP contribution in [-0.4, -0.2) is 35.3 Å². The SMILES string of the molecule is CC[C@@H](NC[C@H](c1cnn(C)c1)N(C)C)c1ccc(F)cc1. The van der Waals surface area contributed by atoms with Gasteiger partial charge in [0.2, 0.25) is 0 Å². The van der Waals surface area contributed by atoms with Gasteiger partial charge in [0.05, 0.1) is 6.20 Å². The van der Waals surface area contributed by atoms with E-state index >= 15 is 0 Å². The van der Waals surface area contributed by atoms with Crippen molar-refractivity contribution in [1.29, 1.82) is 0 Å². The molecule has 0 radical (unpaired) electrons. The summed E-state index contributed by atoms with van der Waals surface area (Å²) in [6.07, 6.45) is 4.91. The Hall–Kier alpha value is -1.72. The first kappa shape index (κ1) is 16.6. The number of aryl methyl sites for hydroxylation is 1. The molecule has 0 bridgehead atoms. The molecule has 1 heterocycles. The summed E-state index contributed by atoms with van der Waals surface area (Å²) in [5.41, 5.74) is 2.31. The summed E-state index contributed by atoms with van der Waals surface area (Å²) < 4.78 is 14.9. The highest BCUT2D eigenvalue weighted by atomic mass is 19.1. The predicted octanol–water partition coefficient (Wildman–Crippen LogP) is 2.90. The summed E-state index contributed by atoms with van der Waals surface area (Å²) in [6, 6.07) is 7.22. The molecule has 0 aliphatic rings. The van der Waals surface area contributed by atoms with Gasteiger partial charge in [-0.25, -0.2) is 4.39 Å². The van der Waals surface area contributed by atoms with E-state index in [-0.39, 0.29) is 17.9 Å². The number of halogens is 1. The van der Waals surface area contributed by atoms with Crippen LogP contribution in [0.4, 0.5) is 4.39 Å². The number of nitrogens with one attached hydrogen (secondary N) is 1. The smallest absolute Gasteiger partial charge is 0.123 e. The molecule has 2 aromatic rings. The average Bonchev–Trinajstić information content (AvgIpc) is 2.91. The lowest BCUT2D eigenvalue weighted by Gasteiger charge is -2.26. The molecule has 0 saturated heterocycles. The van der Waals surface area contributed by atoms with E-state index in [9.17, 15) is 4.39 Å². The lowest BCUT2D eigenvalue weighted by atomic mass is 10.0. The van der Waals surface area contributed by atoms with Crippen molar-refractivity contribution in [2.75, 3.05) is 20.6 Å². The van der Waals surface area contributed by atoms with Gasteiger partial charge in [-0.1, -0.05) is 19.1 Å². The predicted molar refractivity (Wildman–Crippen MR) is 87.1 cm³/mol. The van der Waals surface area contributed by atoms with Crippen molar-refractivity contribution in [3.63, 3.8) is 0 Å². The molecule has 5 heteroatoms. The molecule has 22 heavy (non-hydrogen) atoms. The first-order chi connectivity index (χ1) is 10.5. The summed E-state index contributed by atoms with van der Waals surface area (Å²) in [4.78, 5) is 2.18. The monoisotopic (exact) mass is 304 g/mol. The zero-order valence-corrected chi connectivity index (χ0v) is 13.8. The Labute approximate surface area is 131 Å². The normalized spacial score (nSPS) is 14.3. The van der Waals surface area contributed by atoms with Gasteiger partial charge in [-0.2, -0.15) is 5.10 Å². The second kappa shape index (κ2) is 7.51. The van der Waals surface area contributed by atoms with Gasteiger partial charge in [0.1, 0.15) is 5.82 Å². The third-order valence-electron chi connectivity index (χ3n) is 3.97. The Morgan fingerprint density at radius 3 is 2.41 bits per heavy atom. The fourth-order valence-electron chi connectivity index (χ4n) is 2.66. The van der Waals surface area contributed by atoms with Crippen LogP contribution in [0.2, 0.25) is 0 Å². The molecule has 1 N–H and O–H groups in total. The zero-order valence-electron chi connectivity index (χ0n) is 13.8. The minimum absolute atomic E-state index is 0.194. The summed E-state index contributed by atoms with van der Waals surface area (Å²) >= 11 is 0. The van der Waals surface area contributed by atoms with Gasteiger partial charge in [-0.3, -0.25) is 4.68 Å². The summed E-state index contributed by atoms with van der Waals surface area (Å²) in [7, 11) is 6.06. The molecule has 0 unspecified atom stereocenters. The van der Waals surface area contributed by atoms with Gasteiger partial charge in [0, 0.05) is 37.4 Å². The number of hydrogen-bond donors (Lipinski definition) is 1. The fourth-order valence-corrected chi connectivity index (χ4v) is 2.66. The Morgan fingerprint density at radius 1 is 1.23 bits per heavy atom. The number of aromatic nitrogens is 2. The van der Waals surface area contributed by atoms with E-state index in [0.717, 1.165) is 18.5 Å². The van der Waals surface area contributed by atoms with Crippen molar-refractivity contribution >= 4 is 0 Å². The summed E-state index contributed by atoms with van der Waals surface area (Å²) in [5, 5.41) is 7.85. The maximum absolute atomic E-state index is 13.1. The minimum atomic E-state index is -0.194. The van der Waals surface area contributed by atoms with Crippen molar-refractivity contribution in [2.45, 2.75) is 25.4 Å². The molecule has 0 saturated carbocycles. The third kappa shape index (κ3) is 4.15. The van der Waals surface area contributed by atoms with E-state index in [2.05, 4.69) is 36.3 Å². The minimum Gasteiger partial charge on any atom is -0.308 e. The fraction of sp³-hybridized carbons (Fsp3) is 0.471. The molecule has 2 atom stereocenters. The number of rotatable bonds is 7. The van der Waals surface area contributed by atoms with Gasteiger partial charge in [0.25, 0.3) is 0 Å². The molecule has 120 valence electrons. The van der Waals surface area contributed by atoms with Crippen LogP contribution in [0.15, 0.2) is 36.7 Å². The van der Waals surface area contributed by atoms with Crippen LogP contribution in [0.25, 0.3) is 0 Å². The summed E-state index contributed by atoms with van der Waals surface area (Å²) in [5.74, 6) is -0.194. The molecule has 0 fully saturated rings. The van der Waals surface area contributed by atoms with Gasteiger partial charge >= 0.3 is 0 Å². The van der Waals surface area contributed by atoms with E-state index in [1.165, 1.54) is 17.7 Å². The van der Waals surface area contributed by atoms with Crippen LogP contribution in [0, 0.1) is 5.82 Å². The van der Waals surface area contributed by atoms with E-state index in [0.29, 0.717) is 0 Å². The third-order valence-corrected chi connectivity index (χ3v) is 3.97. The molecule has 2 rings (SSSR count). The molecule has 0 amide bonds. The molecule has 0 aliphatic heterocycles. The van der Waals surface area contributed by atoms with Crippen molar-refractivity contribution in [3.05, 3.63) is 53.6 Å². The Balaban J connectivity index is 2.05. The molecular weight excluding hydrogens is 279 g/mol. The van der Waals surface area contributed by atoms with Crippen LogP contribution in [-0.2, 0) is 7.05 Å². The average molecular weight is 304 g/mol. The maximum atomic E-state index is 13.1. The zero-order chi connectivity index (χ0) is 16.1. The molecule has 1 aromatic heterocycles. The second-order valence-electron chi connectivity index (χ2n) is 5.85. The van der Waals surface area contributed by atoms with E-state index in [4.69, 9.17) is 0 Å². The van der Waals surface area contributed by atoms with Crippen LogP contribution in [0.5, 0.6) is 0 Å². The first-order valence-corrected chi connectivity index (χ1v) is 7.65. The van der Waals surface area contributed by atoms with Crippen LogP contribution in [0.3, 0.4) is 0 Å². The van der Waals surface area contributed by atoms with Gasteiger partial charge in [-0.15, -0.1) is 0 Å². The van der Waals surface area contributed by atoms with Gasteiger partial charge < -0.3 is 10.2 Å². The first-order valence-electron chi connectivity index (χ1n) is 7.65. The molecular formula is C17H25FN4. The largest absolute Gasteiger partial charge is 0.308 e. The topological polar surface area (TPSA) is 33.1 Å². The number of nitrogens with zero attached hydrogens (tertiary/aromatic N) is 3. The van der Waals surface area contributed by atoms with Gasteiger partial charge in [-0.05, 0) is 38.2 Å². The number of benzene rings is 1. The highest BCUT2D eigenvalue weighted by Gasteiger charge is 2.18. The van der Waals surface area contributed by atoms with Crippen molar-refractivity contribution in [2.24, 2.45) is 7.05 Å². The van der Waals surface area contributed by atoms with Crippen molar-refractivity contribution in [3.8, 4) is 0 Å². The number of likely N-dealkylation sites (N-methyl/N-ethyl adjacent to an activating group) is 1. The highest BCUT2D eigenvalue weighted by Crippen LogP contribution is 2.21. The van der Waals surface area contributed by atoms with Crippen LogP contribution >= 0.6 is 0 Å². The Bertz CT molecular complexity index is 577. The number of hydrogen-bond acceptors (Lipinski definition) is 3. The van der Waals surface area contributed by atoms with Crippen molar-refractivity contribution < 1.29 is 4.39 Å². The standard InChI is InChI=1S/C17H25FN4/c1-5-16(13-6-8-15(18)9-7-13)19-11-17(21(2)3)14-10-20-22(4)12-14/h6-10,12,16-17,19H,5,11H2,1-4H3/t16-,17-/m1/s1. The van der Waals surface area contributed by atoms with Crippen LogP contribution in [0.1, 0.15) is 36.6 Å². The maximum Gasteiger partial charge on any atom is 0.123 e. The van der Waals surface area contributed by atoms with E-state index < -0.39 is 0 Å². The Kier molecular flexibility index (Phi) is 5.69. The van der Waals surface area contributed by atoms with Gasteiger partial charge in [0.15, 0.2) is 0 Å². The highest BCUT2D eigenvalue weighted by molar-refractivity contribution is 5.20. The Morgan fingerprint density at radius 2 is 1.91 bits per heavy atom. The molecule has 0 aliphatic carbocycles. The lowest BCUT2D eigenvalue weighted by molar-refractivity contribution is 0.278.